The summed E-state index contributed by atoms with van der Waals surface area (Å²) in [6.45, 7) is 8.47. The van der Waals surface area contributed by atoms with Gasteiger partial charge in [-0.3, -0.25) is 4.68 Å². The van der Waals surface area contributed by atoms with E-state index in [9.17, 15) is 5.11 Å². The Bertz CT molecular complexity index is 776. The van der Waals surface area contributed by atoms with E-state index in [-0.39, 0.29) is 6.10 Å². The van der Waals surface area contributed by atoms with E-state index < -0.39 is 0 Å². The van der Waals surface area contributed by atoms with Crippen molar-refractivity contribution in [1.29, 1.82) is 0 Å². The third-order valence-electron chi connectivity index (χ3n) is 5.48. The summed E-state index contributed by atoms with van der Waals surface area (Å²) in [6, 6.07) is 10.8. The molecule has 0 saturated heterocycles. The highest BCUT2D eigenvalue weighted by Gasteiger charge is 2.20. The fourth-order valence-electron chi connectivity index (χ4n) is 3.76. The number of aliphatic imine (C=N–C) groups is 1. The molecular formula is C22H33N5O. The number of nitrogens with zero attached hydrogens (tertiary/aromatic N) is 3. The molecule has 0 bridgehead atoms. The molecule has 6 heteroatoms. The molecule has 0 atom stereocenters. The van der Waals surface area contributed by atoms with Crippen molar-refractivity contribution in [3.05, 3.63) is 52.8 Å². The summed E-state index contributed by atoms with van der Waals surface area (Å²) in [6.07, 6.45) is 3.55. The molecule has 2 aromatic rings. The Morgan fingerprint density at radius 3 is 2.57 bits per heavy atom. The summed E-state index contributed by atoms with van der Waals surface area (Å²) in [5, 5.41) is 21.3. The van der Waals surface area contributed by atoms with Crippen LogP contribution < -0.4 is 10.6 Å². The van der Waals surface area contributed by atoms with Gasteiger partial charge >= 0.3 is 0 Å². The molecule has 1 aliphatic carbocycles. The van der Waals surface area contributed by atoms with Crippen LogP contribution in [0.1, 0.15) is 55.1 Å². The number of guanidine groups is 1. The highest BCUT2D eigenvalue weighted by Crippen LogP contribution is 2.19. The average molecular weight is 384 g/mol. The van der Waals surface area contributed by atoms with E-state index in [1.165, 1.54) is 16.8 Å². The average Bonchev–Trinajstić information content (AvgIpc) is 2.95. The van der Waals surface area contributed by atoms with Crippen LogP contribution in [0.5, 0.6) is 0 Å². The lowest BCUT2D eigenvalue weighted by Crippen LogP contribution is -2.45. The molecule has 0 spiro atoms. The quantitative estimate of drug-likeness (QED) is 0.530. The SMILES string of the molecule is CCNC(=NCc1c(C)nn(Cc2ccccc2)c1C)NC1CCC(O)CC1. The maximum absolute atomic E-state index is 9.70. The zero-order valence-electron chi connectivity index (χ0n) is 17.3. The van der Waals surface area contributed by atoms with Crippen molar-refractivity contribution in [2.75, 3.05) is 6.54 Å². The monoisotopic (exact) mass is 383 g/mol. The van der Waals surface area contributed by atoms with Gasteiger partial charge in [-0.25, -0.2) is 4.99 Å². The van der Waals surface area contributed by atoms with Crippen LogP contribution in [0.2, 0.25) is 0 Å². The Morgan fingerprint density at radius 2 is 1.89 bits per heavy atom. The first kappa shape index (κ1) is 20.4. The number of benzene rings is 1. The molecule has 1 aromatic carbocycles. The van der Waals surface area contributed by atoms with E-state index in [4.69, 9.17) is 10.1 Å². The van der Waals surface area contributed by atoms with Crippen molar-refractivity contribution in [1.82, 2.24) is 20.4 Å². The summed E-state index contributed by atoms with van der Waals surface area (Å²) in [5.41, 5.74) is 4.64. The second-order valence-corrected chi connectivity index (χ2v) is 7.64. The van der Waals surface area contributed by atoms with Crippen LogP contribution in [0.3, 0.4) is 0 Å². The number of aliphatic hydroxyl groups is 1. The van der Waals surface area contributed by atoms with Gasteiger partial charge in [-0.05, 0) is 52.0 Å². The molecule has 1 fully saturated rings. The van der Waals surface area contributed by atoms with E-state index in [0.717, 1.165) is 50.4 Å². The van der Waals surface area contributed by atoms with Gasteiger partial charge in [0.25, 0.3) is 0 Å². The minimum absolute atomic E-state index is 0.140. The molecule has 3 rings (SSSR count). The molecule has 0 unspecified atom stereocenters. The van der Waals surface area contributed by atoms with Gasteiger partial charge in [0.15, 0.2) is 5.96 Å². The molecule has 0 amide bonds. The van der Waals surface area contributed by atoms with Crippen LogP contribution in [-0.2, 0) is 13.1 Å². The molecule has 0 radical (unpaired) electrons. The first-order valence-corrected chi connectivity index (χ1v) is 10.4. The first-order valence-electron chi connectivity index (χ1n) is 10.4. The largest absolute Gasteiger partial charge is 0.393 e. The van der Waals surface area contributed by atoms with Crippen molar-refractivity contribution in [2.24, 2.45) is 4.99 Å². The highest BCUT2D eigenvalue weighted by molar-refractivity contribution is 5.80. The fraction of sp³-hybridized carbons (Fsp3) is 0.545. The molecule has 1 aliphatic rings. The van der Waals surface area contributed by atoms with Gasteiger partial charge < -0.3 is 15.7 Å². The van der Waals surface area contributed by atoms with Gasteiger partial charge in [-0.1, -0.05) is 30.3 Å². The molecule has 152 valence electrons. The molecule has 1 heterocycles. The third kappa shape index (κ3) is 5.35. The Morgan fingerprint density at radius 1 is 1.18 bits per heavy atom. The number of aromatic nitrogens is 2. The summed E-state index contributed by atoms with van der Waals surface area (Å²) in [4.78, 5) is 4.82. The maximum atomic E-state index is 9.70. The van der Waals surface area contributed by atoms with Crippen LogP contribution in [0.4, 0.5) is 0 Å². The van der Waals surface area contributed by atoms with Gasteiger partial charge in [0.2, 0.25) is 0 Å². The van der Waals surface area contributed by atoms with Crippen molar-refractivity contribution in [3.8, 4) is 0 Å². The number of aryl methyl sites for hydroxylation is 1. The third-order valence-corrected chi connectivity index (χ3v) is 5.48. The highest BCUT2D eigenvalue weighted by atomic mass is 16.3. The number of nitrogens with one attached hydrogen (secondary N) is 2. The van der Waals surface area contributed by atoms with Crippen molar-refractivity contribution in [2.45, 2.75) is 71.7 Å². The standard InChI is InChI=1S/C22H33N5O/c1-4-23-22(25-19-10-12-20(28)13-11-19)24-14-21-16(2)26-27(17(21)3)15-18-8-6-5-7-9-18/h5-9,19-20,28H,4,10-15H2,1-3H3,(H2,23,24,25). The van der Waals surface area contributed by atoms with Crippen LogP contribution in [0.25, 0.3) is 0 Å². The van der Waals surface area contributed by atoms with Gasteiger partial charge in [0.05, 0.1) is 24.9 Å². The predicted molar refractivity (Wildman–Crippen MR) is 113 cm³/mol. The number of rotatable bonds is 6. The molecule has 28 heavy (non-hydrogen) atoms. The van der Waals surface area contributed by atoms with Crippen molar-refractivity contribution >= 4 is 5.96 Å². The smallest absolute Gasteiger partial charge is 0.191 e. The lowest BCUT2D eigenvalue weighted by Gasteiger charge is -2.27. The normalized spacial score (nSPS) is 20.2. The first-order chi connectivity index (χ1) is 13.6. The summed E-state index contributed by atoms with van der Waals surface area (Å²) in [7, 11) is 0. The fourth-order valence-corrected chi connectivity index (χ4v) is 3.76. The number of hydrogen-bond acceptors (Lipinski definition) is 3. The Kier molecular flexibility index (Phi) is 7.09. The van der Waals surface area contributed by atoms with Gasteiger partial charge in [-0.2, -0.15) is 5.10 Å². The zero-order valence-corrected chi connectivity index (χ0v) is 17.3. The molecule has 6 nitrogen and oxygen atoms in total. The lowest BCUT2D eigenvalue weighted by molar-refractivity contribution is 0.120. The minimum Gasteiger partial charge on any atom is -0.393 e. The van der Waals surface area contributed by atoms with Crippen molar-refractivity contribution in [3.63, 3.8) is 0 Å². The lowest BCUT2D eigenvalue weighted by atomic mass is 9.93. The second-order valence-electron chi connectivity index (χ2n) is 7.64. The summed E-state index contributed by atoms with van der Waals surface area (Å²) >= 11 is 0. The molecular weight excluding hydrogens is 350 g/mol. The van der Waals surface area contributed by atoms with Gasteiger partial charge in [0.1, 0.15) is 0 Å². The topological polar surface area (TPSA) is 74.5 Å². The van der Waals surface area contributed by atoms with E-state index in [0.29, 0.717) is 12.6 Å². The zero-order chi connectivity index (χ0) is 19.9. The van der Waals surface area contributed by atoms with Crippen LogP contribution >= 0.6 is 0 Å². The van der Waals surface area contributed by atoms with E-state index in [1.807, 2.05) is 6.07 Å². The number of hydrogen-bond donors (Lipinski definition) is 3. The molecule has 1 saturated carbocycles. The second kappa shape index (κ2) is 9.73. The summed E-state index contributed by atoms with van der Waals surface area (Å²) < 4.78 is 2.07. The predicted octanol–water partition coefficient (Wildman–Crippen LogP) is 2.91. The van der Waals surface area contributed by atoms with E-state index in [2.05, 4.69) is 60.4 Å². The number of aliphatic hydroxyl groups excluding tert-OH is 1. The molecule has 1 aromatic heterocycles. The maximum Gasteiger partial charge on any atom is 0.191 e. The molecule has 0 aliphatic heterocycles. The Hall–Kier alpha value is -2.34. The summed E-state index contributed by atoms with van der Waals surface area (Å²) in [5.74, 6) is 0.846. The van der Waals surface area contributed by atoms with Crippen molar-refractivity contribution < 1.29 is 5.11 Å². The van der Waals surface area contributed by atoms with Crippen LogP contribution in [0, 0.1) is 13.8 Å². The minimum atomic E-state index is -0.140. The van der Waals surface area contributed by atoms with Gasteiger partial charge in [0, 0.05) is 23.8 Å². The van der Waals surface area contributed by atoms with E-state index in [1.54, 1.807) is 0 Å². The van der Waals surface area contributed by atoms with Crippen LogP contribution in [-0.4, -0.2) is 39.5 Å². The Balaban J connectivity index is 1.68. The van der Waals surface area contributed by atoms with Gasteiger partial charge in [-0.15, -0.1) is 0 Å². The molecule has 3 N–H and O–H groups in total. The van der Waals surface area contributed by atoms with Crippen LogP contribution in [0.15, 0.2) is 35.3 Å². The van der Waals surface area contributed by atoms with E-state index >= 15 is 0 Å². The Labute approximate surface area is 168 Å².